The largest absolute Gasteiger partial charge is 0.480 e. The van der Waals surface area contributed by atoms with E-state index in [-0.39, 0.29) is 37.7 Å². The topological polar surface area (TPSA) is 114 Å². The minimum absolute atomic E-state index is 0.0137. The van der Waals surface area contributed by atoms with Crippen LogP contribution < -0.4 is 10.6 Å². The van der Waals surface area contributed by atoms with Crippen molar-refractivity contribution in [2.75, 3.05) is 19.8 Å². The van der Waals surface area contributed by atoms with Crippen molar-refractivity contribution in [1.82, 2.24) is 10.6 Å². The zero-order valence-electron chi connectivity index (χ0n) is 17.7. The Bertz CT molecular complexity index is 978. The first kappa shape index (κ1) is 21.8. The Balaban J connectivity index is 1.25. The molecular weight excluding hydrogens is 412 g/mol. The van der Waals surface area contributed by atoms with Gasteiger partial charge in [0, 0.05) is 12.5 Å². The van der Waals surface area contributed by atoms with Crippen LogP contribution in [0.4, 0.5) is 4.79 Å². The van der Waals surface area contributed by atoms with Crippen molar-refractivity contribution in [2.24, 2.45) is 5.92 Å². The molecule has 2 aromatic carbocycles. The van der Waals surface area contributed by atoms with Crippen LogP contribution in [0, 0.1) is 5.92 Å². The first-order valence-corrected chi connectivity index (χ1v) is 10.7. The van der Waals surface area contributed by atoms with E-state index in [0.29, 0.717) is 6.42 Å². The van der Waals surface area contributed by atoms with E-state index in [0.717, 1.165) is 22.3 Å². The number of hydrogen-bond acceptors (Lipinski definition) is 5. The molecule has 168 valence electrons. The predicted octanol–water partition coefficient (Wildman–Crippen LogP) is 2.52. The van der Waals surface area contributed by atoms with Gasteiger partial charge in [0.1, 0.15) is 12.6 Å². The number of benzene rings is 2. The summed E-state index contributed by atoms with van der Waals surface area (Å²) in [6.07, 6.45) is -0.462. The highest BCUT2D eigenvalue weighted by atomic mass is 16.5. The van der Waals surface area contributed by atoms with Crippen molar-refractivity contribution >= 4 is 18.0 Å². The Kier molecular flexibility index (Phi) is 6.41. The lowest BCUT2D eigenvalue weighted by Crippen LogP contribution is -2.42. The third kappa shape index (κ3) is 4.60. The average molecular weight is 438 g/mol. The van der Waals surface area contributed by atoms with Gasteiger partial charge in [-0.3, -0.25) is 9.59 Å². The number of carboxylic acids is 1. The van der Waals surface area contributed by atoms with E-state index in [1.54, 1.807) is 0 Å². The van der Waals surface area contributed by atoms with Crippen molar-refractivity contribution in [3.63, 3.8) is 0 Å². The van der Waals surface area contributed by atoms with E-state index in [1.807, 2.05) is 24.3 Å². The van der Waals surface area contributed by atoms with Crippen molar-refractivity contribution in [3.8, 4) is 11.1 Å². The number of fused-ring (bicyclic) bond motifs is 3. The fraction of sp³-hybridized carbons (Fsp3) is 0.375. The number of rotatable bonds is 7. The molecule has 8 nitrogen and oxygen atoms in total. The number of carbonyl (C=O) groups is 3. The zero-order valence-corrected chi connectivity index (χ0v) is 17.7. The van der Waals surface area contributed by atoms with Crippen molar-refractivity contribution in [2.45, 2.75) is 31.4 Å². The van der Waals surface area contributed by atoms with E-state index in [9.17, 15) is 14.4 Å². The maximum atomic E-state index is 12.3. The Morgan fingerprint density at radius 2 is 1.72 bits per heavy atom. The highest BCUT2D eigenvalue weighted by Crippen LogP contribution is 2.44. The number of alkyl carbamates (subject to hydrolysis) is 1. The van der Waals surface area contributed by atoms with Gasteiger partial charge < -0.3 is 25.2 Å². The smallest absolute Gasteiger partial charge is 0.407 e. The number of ether oxygens (including phenoxy) is 2. The second kappa shape index (κ2) is 9.40. The van der Waals surface area contributed by atoms with Gasteiger partial charge >= 0.3 is 12.1 Å². The van der Waals surface area contributed by atoms with E-state index in [2.05, 4.69) is 34.9 Å². The van der Waals surface area contributed by atoms with Gasteiger partial charge in [-0.25, -0.2) is 4.79 Å². The van der Waals surface area contributed by atoms with Crippen LogP contribution in [0.25, 0.3) is 11.1 Å². The molecule has 8 heteroatoms. The second-order valence-electron chi connectivity index (χ2n) is 8.16. The third-order valence-electron chi connectivity index (χ3n) is 6.00. The molecule has 0 bridgehead atoms. The Labute approximate surface area is 185 Å². The fourth-order valence-electron chi connectivity index (χ4n) is 4.27. The number of aliphatic carboxylic acids is 1. The third-order valence-corrected chi connectivity index (χ3v) is 6.00. The highest BCUT2D eigenvalue weighted by Gasteiger charge is 2.33. The van der Waals surface area contributed by atoms with Crippen molar-refractivity contribution < 1.29 is 29.0 Å². The van der Waals surface area contributed by atoms with Crippen molar-refractivity contribution in [3.05, 3.63) is 59.7 Å². The van der Waals surface area contributed by atoms with Crippen LogP contribution in [-0.4, -0.2) is 55.0 Å². The summed E-state index contributed by atoms with van der Waals surface area (Å²) < 4.78 is 11.1. The van der Waals surface area contributed by atoms with Crippen LogP contribution in [-0.2, 0) is 19.1 Å². The normalized spacial score (nSPS) is 20.2. The number of amides is 2. The molecular formula is C24H26N2O6. The molecule has 0 radical (unpaired) electrons. The molecule has 0 saturated carbocycles. The second-order valence-corrected chi connectivity index (χ2v) is 8.16. The lowest BCUT2D eigenvalue weighted by Gasteiger charge is -2.16. The van der Waals surface area contributed by atoms with E-state index < -0.39 is 24.0 Å². The molecule has 1 heterocycles. The fourth-order valence-corrected chi connectivity index (χ4v) is 4.27. The summed E-state index contributed by atoms with van der Waals surface area (Å²) in [7, 11) is 0. The predicted molar refractivity (Wildman–Crippen MR) is 116 cm³/mol. The van der Waals surface area contributed by atoms with Crippen LogP contribution in [0.1, 0.15) is 30.4 Å². The first-order chi connectivity index (χ1) is 15.4. The lowest BCUT2D eigenvalue weighted by atomic mass is 9.98. The molecule has 1 saturated heterocycles. The summed E-state index contributed by atoms with van der Waals surface area (Å²) in [6.45, 7) is 2.04. The van der Waals surface area contributed by atoms with Gasteiger partial charge in [0.25, 0.3) is 0 Å². The quantitative estimate of drug-likeness (QED) is 0.612. The summed E-state index contributed by atoms with van der Waals surface area (Å²) in [5.74, 6) is -1.90. The molecule has 2 aromatic rings. The summed E-state index contributed by atoms with van der Waals surface area (Å²) in [5.41, 5.74) is 4.62. The van der Waals surface area contributed by atoms with Gasteiger partial charge in [0.15, 0.2) is 0 Å². The molecule has 2 aliphatic rings. The average Bonchev–Trinajstić information content (AvgIpc) is 3.39. The van der Waals surface area contributed by atoms with Crippen LogP contribution in [0.2, 0.25) is 0 Å². The maximum absolute atomic E-state index is 12.3. The van der Waals surface area contributed by atoms with Gasteiger partial charge in [0.2, 0.25) is 5.91 Å². The van der Waals surface area contributed by atoms with Crippen LogP contribution in [0.15, 0.2) is 48.5 Å². The molecule has 3 unspecified atom stereocenters. The zero-order chi connectivity index (χ0) is 22.7. The maximum Gasteiger partial charge on any atom is 0.407 e. The summed E-state index contributed by atoms with van der Waals surface area (Å²) in [4.78, 5) is 35.3. The minimum atomic E-state index is -1.09. The van der Waals surface area contributed by atoms with Crippen molar-refractivity contribution in [1.29, 1.82) is 0 Å². The highest BCUT2D eigenvalue weighted by molar-refractivity contribution is 5.85. The molecule has 1 aliphatic carbocycles. The monoisotopic (exact) mass is 438 g/mol. The molecule has 0 aromatic heterocycles. The minimum Gasteiger partial charge on any atom is -0.480 e. The van der Waals surface area contributed by atoms with Gasteiger partial charge in [0.05, 0.1) is 18.6 Å². The number of carbonyl (C=O) groups excluding carboxylic acids is 2. The van der Waals surface area contributed by atoms with Gasteiger partial charge in [-0.1, -0.05) is 48.5 Å². The van der Waals surface area contributed by atoms with E-state index in [4.69, 9.17) is 14.6 Å². The molecule has 0 spiro atoms. The van der Waals surface area contributed by atoms with Crippen LogP contribution >= 0.6 is 0 Å². The van der Waals surface area contributed by atoms with Crippen LogP contribution in [0.3, 0.4) is 0 Å². The molecule has 3 atom stereocenters. The van der Waals surface area contributed by atoms with Gasteiger partial charge in [-0.2, -0.15) is 0 Å². The molecule has 3 N–H and O–H groups in total. The van der Waals surface area contributed by atoms with Crippen LogP contribution in [0.5, 0.6) is 0 Å². The summed E-state index contributed by atoms with van der Waals surface area (Å²) in [5, 5.41) is 14.0. The molecule has 1 fully saturated rings. The molecule has 2 amide bonds. The lowest BCUT2D eigenvalue weighted by molar-refractivity contribution is -0.141. The summed E-state index contributed by atoms with van der Waals surface area (Å²) in [6, 6.07) is 15.3. The Hall–Kier alpha value is -3.39. The van der Waals surface area contributed by atoms with E-state index >= 15 is 0 Å². The Morgan fingerprint density at radius 3 is 2.34 bits per heavy atom. The molecule has 4 rings (SSSR count). The molecule has 32 heavy (non-hydrogen) atoms. The number of hydrogen-bond donors (Lipinski definition) is 3. The van der Waals surface area contributed by atoms with Gasteiger partial charge in [-0.05, 0) is 35.6 Å². The number of carboxylic acid groups (broad SMARTS) is 1. The van der Waals surface area contributed by atoms with Gasteiger partial charge in [-0.15, -0.1) is 0 Å². The molecule has 1 aliphatic heterocycles. The number of nitrogens with one attached hydrogen (secondary N) is 2. The summed E-state index contributed by atoms with van der Waals surface area (Å²) >= 11 is 0. The van der Waals surface area contributed by atoms with E-state index in [1.165, 1.54) is 6.92 Å². The first-order valence-electron chi connectivity index (χ1n) is 10.7. The SMILES string of the molecule is CC(NC(=O)C1COC(CNC(=O)OCC2c3ccccc3-c3ccccc32)C1)C(=O)O. The standard InChI is InChI=1S/C24H26N2O6/c1-14(23(28)29)26-22(27)15-10-16(31-12-15)11-25-24(30)32-13-21-19-8-4-2-6-17(19)18-7-3-5-9-20(18)21/h2-9,14-16,21H,10-13H2,1H3,(H,25,30)(H,26,27)(H,28,29). The Morgan fingerprint density at radius 1 is 1.09 bits per heavy atom.